The molecular formula is C28H21FN6O2S2. The first-order chi connectivity index (χ1) is 19.0. The molecule has 5 rings (SSSR count). The van der Waals surface area contributed by atoms with Crippen LogP contribution in [0.1, 0.15) is 10.5 Å². The molecule has 3 N–H and O–H groups in total. The van der Waals surface area contributed by atoms with Gasteiger partial charge >= 0.3 is 5.97 Å². The minimum Gasteiger partial charge on any atom is -0.464 e. The Morgan fingerprint density at radius 3 is 2.31 bits per heavy atom. The molecule has 194 valence electrons. The average Bonchev–Trinajstić information content (AvgIpc) is 3.38. The summed E-state index contributed by atoms with van der Waals surface area (Å²) in [7, 11) is 1.26. The van der Waals surface area contributed by atoms with Crippen molar-refractivity contribution in [3.8, 4) is 21.7 Å². The lowest BCUT2D eigenvalue weighted by Crippen LogP contribution is -2.20. The Balaban J connectivity index is 1.33. The predicted molar refractivity (Wildman–Crippen MR) is 156 cm³/mol. The second kappa shape index (κ2) is 11.8. The topological polar surface area (TPSA) is 101 Å². The predicted octanol–water partition coefficient (Wildman–Crippen LogP) is 6.75. The van der Waals surface area contributed by atoms with Gasteiger partial charge in [-0.25, -0.2) is 14.2 Å². The number of hydrogen-bond donors (Lipinski definition) is 3. The number of ether oxygens (including phenoxy) is 1. The lowest BCUT2D eigenvalue weighted by molar-refractivity contribution is 0.0596. The Morgan fingerprint density at radius 1 is 0.872 bits per heavy atom. The number of benzene rings is 3. The smallest absolute Gasteiger partial charge is 0.358 e. The Kier molecular flexibility index (Phi) is 7.80. The zero-order valence-electron chi connectivity index (χ0n) is 20.5. The molecule has 0 radical (unpaired) electrons. The van der Waals surface area contributed by atoms with Gasteiger partial charge in [0.05, 0.1) is 29.1 Å². The lowest BCUT2D eigenvalue weighted by atomic mass is 10.1. The number of para-hydroxylation sites is 2. The zero-order chi connectivity index (χ0) is 27.2. The third-order valence-corrected chi connectivity index (χ3v) is 6.73. The summed E-state index contributed by atoms with van der Waals surface area (Å²) in [6.07, 6.45) is 0. The van der Waals surface area contributed by atoms with Crippen LogP contribution in [0.25, 0.3) is 21.7 Å². The minimum atomic E-state index is -0.659. The molecule has 0 saturated heterocycles. The van der Waals surface area contributed by atoms with E-state index in [0.717, 1.165) is 22.6 Å². The third kappa shape index (κ3) is 6.06. The van der Waals surface area contributed by atoms with Crippen LogP contribution in [0.4, 0.5) is 26.7 Å². The van der Waals surface area contributed by atoms with Crippen LogP contribution in [0.2, 0.25) is 0 Å². The molecule has 0 aliphatic carbocycles. The lowest BCUT2D eigenvalue weighted by Gasteiger charge is -2.14. The van der Waals surface area contributed by atoms with E-state index in [9.17, 15) is 9.18 Å². The highest BCUT2D eigenvalue weighted by Crippen LogP contribution is 2.37. The zero-order valence-corrected chi connectivity index (χ0v) is 22.1. The van der Waals surface area contributed by atoms with E-state index < -0.39 is 11.8 Å². The minimum absolute atomic E-state index is 0.0234. The molecule has 0 fully saturated rings. The molecule has 0 amide bonds. The number of halogens is 1. The molecule has 0 aliphatic rings. The number of methoxy groups -OCH3 is 1. The first-order valence-corrected chi connectivity index (χ1v) is 12.9. The molecule has 11 heteroatoms. The van der Waals surface area contributed by atoms with Gasteiger partial charge in [-0.15, -0.1) is 10.2 Å². The molecule has 0 aliphatic heterocycles. The van der Waals surface area contributed by atoms with E-state index in [-0.39, 0.29) is 11.3 Å². The number of hydrogen-bond acceptors (Lipinski definition) is 8. The summed E-state index contributed by atoms with van der Waals surface area (Å²) >= 11 is 6.63. The molecule has 5 aromatic rings. The van der Waals surface area contributed by atoms with Crippen molar-refractivity contribution >= 4 is 57.0 Å². The SMILES string of the molecule is COC(=O)c1nc(Nc2ccccc2NC(=S)Nc2ccc(-c3ccccc3)nn2)sc1-c1ccccc1F. The van der Waals surface area contributed by atoms with Crippen molar-refractivity contribution in [3.63, 3.8) is 0 Å². The molecule has 2 heterocycles. The van der Waals surface area contributed by atoms with Crippen LogP contribution in [0.15, 0.2) is 91.0 Å². The van der Waals surface area contributed by atoms with Crippen molar-refractivity contribution in [2.24, 2.45) is 0 Å². The van der Waals surface area contributed by atoms with Crippen molar-refractivity contribution < 1.29 is 13.9 Å². The number of thiocarbonyl (C=S) groups is 1. The van der Waals surface area contributed by atoms with E-state index in [1.807, 2.05) is 60.7 Å². The average molecular weight is 557 g/mol. The fraction of sp³-hybridized carbons (Fsp3) is 0.0357. The Morgan fingerprint density at radius 2 is 1.59 bits per heavy atom. The molecule has 0 saturated carbocycles. The summed E-state index contributed by atoms with van der Waals surface area (Å²) in [6.45, 7) is 0. The molecule has 0 spiro atoms. The number of aromatic nitrogens is 3. The largest absolute Gasteiger partial charge is 0.464 e. The molecule has 39 heavy (non-hydrogen) atoms. The molecule has 8 nitrogen and oxygen atoms in total. The van der Waals surface area contributed by atoms with Crippen LogP contribution < -0.4 is 16.0 Å². The number of carbonyl (C=O) groups is 1. The second-order valence-electron chi connectivity index (χ2n) is 8.09. The molecule has 2 aromatic heterocycles. The van der Waals surface area contributed by atoms with Gasteiger partial charge in [0, 0.05) is 11.1 Å². The standard InChI is InChI=1S/C28H21FN6O2S2/c1-37-26(36)24-25(18-11-5-6-12-19(18)29)39-28(33-24)31-22-14-8-7-13-21(22)30-27(38)32-23-16-15-20(34-35-23)17-9-3-2-4-10-17/h2-16H,1H3,(H,31,33)(H2,30,32,35,38). The first-order valence-electron chi connectivity index (χ1n) is 11.7. The van der Waals surface area contributed by atoms with Crippen LogP contribution in [0, 0.1) is 5.82 Å². The number of carbonyl (C=O) groups excluding carboxylic acids is 1. The van der Waals surface area contributed by atoms with E-state index in [2.05, 4.69) is 31.1 Å². The Labute approximate surface area is 232 Å². The summed E-state index contributed by atoms with van der Waals surface area (Å²) in [6, 6.07) is 26.9. The van der Waals surface area contributed by atoms with E-state index in [1.54, 1.807) is 24.3 Å². The normalized spacial score (nSPS) is 10.5. The quantitative estimate of drug-likeness (QED) is 0.148. The highest BCUT2D eigenvalue weighted by Gasteiger charge is 2.22. The first kappa shape index (κ1) is 25.9. The van der Waals surface area contributed by atoms with Gasteiger partial charge in [-0.1, -0.05) is 72.0 Å². The molecule has 0 bridgehead atoms. The molecule has 0 atom stereocenters. The van der Waals surface area contributed by atoms with Gasteiger partial charge in [0.2, 0.25) is 0 Å². The fourth-order valence-corrected chi connectivity index (χ4v) is 4.89. The van der Waals surface area contributed by atoms with Gasteiger partial charge in [0.1, 0.15) is 5.82 Å². The van der Waals surface area contributed by atoms with Crippen LogP contribution in [0.5, 0.6) is 0 Å². The van der Waals surface area contributed by atoms with E-state index in [1.165, 1.54) is 13.2 Å². The van der Waals surface area contributed by atoms with Gasteiger partial charge in [-0.2, -0.15) is 0 Å². The molecule has 3 aromatic carbocycles. The van der Waals surface area contributed by atoms with Crippen LogP contribution >= 0.6 is 23.6 Å². The second-order valence-corrected chi connectivity index (χ2v) is 9.50. The Hall–Kier alpha value is -4.74. The van der Waals surface area contributed by atoms with Crippen molar-refractivity contribution in [3.05, 3.63) is 103 Å². The van der Waals surface area contributed by atoms with Crippen LogP contribution in [-0.2, 0) is 4.74 Å². The maximum atomic E-state index is 14.5. The summed E-state index contributed by atoms with van der Waals surface area (Å²) < 4.78 is 19.4. The molecule has 0 unspecified atom stereocenters. The van der Waals surface area contributed by atoms with Gasteiger partial charge in [-0.3, -0.25) is 0 Å². The maximum absolute atomic E-state index is 14.5. The van der Waals surface area contributed by atoms with Gasteiger partial charge in [-0.05, 0) is 42.5 Å². The van der Waals surface area contributed by atoms with Gasteiger partial charge in [0.15, 0.2) is 21.8 Å². The number of anilines is 4. The van der Waals surface area contributed by atoms with E-state index in [0.29, 0.717) is 32.3 Å². The molecular weight excluding hydrogens is 535 g/mol. The van der Waals surface area contributed by atoms with Gasteiger partial charge in [0.25, 0.3) is 0 Å². The summed E-state index contributed by atoms with van der Waals surface area (Å²) in [5, 5.41) is 18.5. The summed E-state index contributed by atoms with van der Waals surface area (Å²) in [5.41, 5.74) is 3.28. The highest BCUT2D eigenvalue weighted by molar-refractivity contribution is 7.80. The number of nitrogens with one attached hydrogen (secondary N) is 3. The number of thiazole rings is 1. The fourth-order valence-electron chi connectivity index (χ4n) is 3.68. The van der Waals surface area contributed by atoms with Crippen molar-refractivity contribution in [1.29, 1.82) is 0 Å². The van der Waals surface area contributed by atoms with Crippen LogP contribution in [-0.4, -0.2) is 33.4 Å². The van der Waals surface area contributed by atoms with Crippen molar-refractivity contribution in [1.82, 2.24) is 15.2 Å². The van der Waals surface area contributed by atoms with E-state index >= 15 is 0 Å². The third-order valence-electron chi connectivity index (χ3n) is 5.52. The number of esters is 1. The van der Waals surface area contributed by atoms with E-state index in [4.69, 9.17) is 17.0 Å². The number of nitrogens with zero attached hydrogens (tertiary/aromatic N) is 3. The van der Waals surface area contributed by atoms with Gasteiger partial charge < -0.3 is 20.7 Å². The summed E-state index contributed by atoms with van der Waals surface area (Å²) in [5.74, 6) is -0.639. The van der Waals surface area contributed by atoms with Crippen molar-refractivity contribution in [2.75, 3.05) is 23.1 Å². The monoisotopic (exact) mass is 556 g/mol. The summed E-state index contributed by atoms with van der Waals surface area (Å²) in [4.78, 5) is 17.1. The number of rotatable bonds is 7. The van der Waals surface area contributed by atoms with Crippen LogP contribution in [0.3, 0.4) is 0 Å². The Bertz CT molecular complexity index is 1630. The maximum Gasteiger partial charge on any atom is 0.358 e. The highest BCUT2D eigenvalue weighted by atomic mass is 32.1. The van der Waals surface area contributed by atoms with Crippen molar-refractivity contribution in [2.45, 2.75) is 0 Å².